The number of carbonyl (C=O) groups is 2. The number of benzene rings is 2. The molecule has 0 saturated carbocycles. The van der Waals surface area contributed by atoms with Crippen molar-refractivity contribution in [3.05, 3.63) is 93.7 Å². The summed E-state index contributed by atoms with van der Waals surface area (Å²) in [7, 11) is 0. The molecule has 0 saturated heterocycles. The van der Waals surface area contributed by atoms with Gasteiger partial charge in [-0.25, -0.2) is 0 Å². The molecule has 5 heteroatoms. The molecular formula is C28H34N2O2S. The summed E-state index contributed by atoms with van der Waals surface area (Å²) in [6.45, 7) is 11.5. The fourth-order valence-electron chi connectivity index (χ4n) is 3.64. The topological polar surface area (TPSA) is 40.6 Å². The maximum atomic E-state index is 13.4. The van der Waals surface area contributed by atoms with Gasteiger partial charge in [-0.3, -0.25) is 9.59 Å². The Hall–Kier alpha value is -2.92. The van der Waals surface area contributed by atoms with E-state index in [1.54, 1.807) is 16.2 Å². The van der Waals surface area contributed by atoms with Crippen LogP contribution in [0, 0.1) is 0 Å². The highest BCUT2D eigenvalue weighted by Crippen LogP contribution is 2.23. The van der Waals surface area contributed by atoms with Crippen LogP contribution in [0.1, 0.15) is 61.0 Å². The Bertz CT molecular complexity index is 1040. The third kappa shape index (κ3) is 6.78. The van der Waals surface area contributed by atoms with E-state index in [0.717, 1.165) is 10.4 Å². The monoisotopic (exact) mass is 462 g/mol. The smallest absolute Gasteiger partial charge is 0.254 e. The number of hydrogen-bond donors (Lipinski definition) is 0. The average molecular weight is 463 g/mol. The predicted molar refractivity (Wildman–Crippen MR) is 136 cm³/mol. The summed E-state index contributed by atoms with van der Waals surface area (Å²) in [6, 6.07) is 21.7. The Morgan fingerprint density at radius 3 is 2.09 bits per heavy atom. The zero-order valence-electron chi connectivity index (χ0n) is 20.2. The SMILES string of the molecule is CC(C)N(CC(=O)N(Cc1ccccc1)Cc1cccs1)C(=O)c1ccc(C(C)(C)C)cc1. The van der Waals surface area contributed by atoms with Crippen LogP contribution in [0.25, 0.3) is 0 Å². The molecule has 33 heavy (non-hydrogen) atoms. The van der Waals surface area contributed by atoms with Crippen LogP contribution in [0.2, 0.25) is 0 Å². The quantitative estimate of drug-likeness (QED) is 0.404. The minimum Gasteiger partial charge on any atom is -0.332 e. The fraction of sp³-hybridized carbons (Fsp3) is 0.357. The molecule has 2 amide bonds. The third-order valence-electron chi connectivity index (χ3n) is 5.68. The van der Waals surface area contributed by atoms with Crippen molar-refractivity contribution in [1.29, 1.82) is 0 Å². The van der Waals surface area contributed by atoms with Crippen LogP contribution in [0.4, 0.5) is 0 Å². The Labute approximate surface area is 201 Å². The number of thiophene rings is 1. The molecule has 4 nitrogen and oxygen atoms in total. The lowest BCUT2D eigenvalue weighted by atomic mass is 9.86. The lowest BCUT2D eigenvalue weighted by molar-refractivity contribution is -0.133. The summed E-state index contributed by atoms with van der Waals surface area (Å²) in [6.07, 6.45) is 0. The first kappa shape index (κ1) is 24.7. The number of amides is 2. The van der Waals surface area contributed by atoms with Crippen LogP contribution in [-0.2, 0) is 23.3 Å². The molecule has 3 aromatic rings. The zero-order chi connectivity index (χ0) is 24.0. The first-order chi connectivity index (χ1) is 15.6. The van der Waals surface area contributed by atoms with Crippen LogP contribution in [0.5, 0.6) is 0 Å². The van der Waals surface area contributed by atoms with Gasteiger partial charge in [-0.2, -0.15) is 0 Å². The van der Waals surface area contributed by atoms with Crippen LogP contribution < -0.4 is 0 Å². The van der Waals surface area contributed by atoms with Gasteiger partial charge in [0.15, 0.2) is 0 Å². The van der Waals surface area contributed by atoms with Gasteiger partial charge in [0.05, 0.1) is 6.54 Å². The molecule has 0 aliphatic carbocycles. The fourth-order valence-corrected chi connectivity index (χ4v) is 4.36. The number of hydrogen-bond acceptors (Lipinski definition) is 3. The highest BCUT2D eigenvalue weighted by Gasteiger charge is 2.25. The molecule has 1 aromatic heterocycles. The van der Waals surface area contributed by atoms with Crippen molar-refractivity contribution < 1.29 is 9.59 Å². The van der Waals surface area contributed by atoms with E-state index in [9.17, 15) is 9.59 Å². The third-order valence-corrected chi connectivity index (χ3v) is 6.54. The van der Waals surface area contributed by atoms with Crippen molar-refractivity contribution in [3.8, 4) is 0 Å². The number of carbonyl (C=O) groups excluding carboxylic acids is 2. The molecule has 0 fully saturated rings. The number of nitrogens with zero attached hydrogens (tertiary/aromatic N) is 2. The molecule has 174 valence electrons. The Balaban J connectivity index is 1.79. The molecular weight excluding hydrogens is 428 g/mol. The lowest BCUT2D eigenvalue weighted by Gasteiger charge is -2.30. The summed E-state index contributed by atoms with van der Waals surface area (Å²) in [5, 5.41) is 2.02. The van der Waals surface area contributed by atoms with E-state index in [0.29, 0.717) is 18.7 Å². The second kappa shape index (κ2) is 10.8. The molecule has 3 rings (SSSR count). The highest BCUT2D eigenvalue weighted by molar-refractivity contribution is 7.09. The van der Waals surface area contributed by atoms with Gasteiger partial charge in [0, 0.05) is 23.0 Å². The van der Waals surface area contributed by atoms with Crippen molar-refractivity contribution in [2.75, 3.05) is 6.54 Å². The van der Waals surface area contributed by atoms with Gasteiger partial charge in [0.25, 0.3) is 5.91 Å². The molecule has 0 unspecified atom stereocenters. The molecule has 0 aliphatic heterocycles. The molecule has 2 aromatic carbocycles. The average Bonchev–Trinajstić information content (AvgIpc) is 3.29. The molecule has 0 atom stereocenters. The van der Waals surface area contributed by atoms with Gasteiger partial charge in [0.1, 0.15) is 6.54 Å². The minimum absolute atomic E-state index is 0.0228. The van der Waals surface area contributed by atoms with Crippen molar-refractivity contribution in [3.63, 3.8) is 0 Å². The van der Waals surface area contributed by atoms with E-state index in [2.05, 4.69) is 20.8 Å². The Morgan fingerprint density at radius 2 is 1.55 bits per heavy atom. The minimum atomic E-state index is -0.116. The molecule has 0 N–H and O–H groups in total. The lowest BCUT2D eigenvalue weighted by Crippen LogP contribution is -2.45. The van der Waals surface area contributed by atoms with E-state index in [-0.39, 0.29) is 29.8 Å². The maximum absolute atomic E-state index is 13.4. The molecule has 0 spiro atoms. The summed E-state index contributed by atoms with van der Waals surface area (Å²) < 4.78 is 0. The molecule has 0 bridgehead atoms. The normalized spacial score (nSPS) is 11.5. The Kier molecular flexibility index (Phi) is 8.09. The summed E-state index contributed by atoms with van der Waals surface area (Å²) in [5.74, 6) is -0.171. The highest BCUT2D eigenvalue weighted by atomic mass is 32.1. The largest absolute Gasteiger partial charge is 0.332 e. The van der Waals surface area contributed by atoms with Gasteiger partial charge in [0.2, 0.25) is 5.91 Å². The molecule has 0 radical (unpaired) electrons. The second-order valence-corrected chi connectivity index (χ2v) is 10.7. The van der Waals surface area contributed by atoms with Crippen molar-refractivity contribution >= 4 is 23.2 Å². The van der Waals surface area contributed by atoms with Crippen LogP contribution in [-0.4, -0.2) is 34.2 Å². The van der Waals surface area contributed by atoms with Crippen LogP contribution in [0.15, 0.2) is 72.1 Å². The van der Waals surface area contributed by atoms with E-state index >= 15 is 0 Å². The summed E-state index contributed by atoms with van der Waals surface area (Å²) in [4.78, 5) is 31.4. The van der Waals surface area contributed by atoms with E-state index in [1.807, 2.05) is 90.9 Å². The van der Waals surface area contributed by atoms with E-state index < -0.39 is 0 Å². The van der Waals surface area contributed by atoms with Gasteiger partial charge < -0.3 is 9.80 Å². The first-order valence-corrected chi connectivity index (χ1v) is 12.3. The summed E-state index contributed by atoms with van der Waals surface area (Å²) in [5.41, 5.74) is 2.88. The first-order valence-electron chi connectivity index (χ1n) is 11.4. The Morgan fingerprint density at radius 1 is 0.879 bits per heavy atom. The van der Waals surface area contributed by atoms with Crippen molar-refractivity contribution in [1.82, 2.24) is 9.80 Å². The molecule has 1 heterocycles. The zero-order valence-corrected chi connectivity index (χ0v) is 21.1. The molecule has 0 aliphatic rings. The van der Waals surface area contributed by atoms with E-state index in [4.69, 9.17) is 0 Å². The van der Waals surface area contributed by atoms with E-state index in [1.165, 1.54) is 5.56 Å². The maximum Gasteiger partial charge on any atom is 0.254 e. The summed E-state index contributed by atoms with van der Waals surface area (Å²) >= 11 is 1.64. The predicted octanol–water partition coefficient (Wildman–Crippen LogP) is 6.13. The van der Waals surface area contributed by atoms with Gasteiger partial charge in [-0.15, -0.1) is 11.3 Å². The van der Waals surface area contributed by atoms with Crippen molar-refractivity contribution in [2.24, 2.45) is 0 Å². The standard InChI is InChI=1S/C28H34N2O2S/c1-21(2)30(27(32)23-13-15-24(16-14-23)28(3,4)5)20-26(31)29(19-25-12-9-17-33-25)18-22-10-7-6-8-11-22/h6-17,21H,18-20H2,1-5H3. The second-order valence-electron chi connectivity index (χ2n) is 9.67. The van der Waals surface area contributed by atoms with Crippen molar-refractivity contribution in [2.45, 2.75) is 59.2 Å². The van der Waals surface area contributed by atoms with Crippen LogP contribution >= 0.6 is 11.3 Å². The number of rotatable bonds is 8. The van der Waals surface area contributed by atoms with Gasteiger partial charge >= 0.3 is 0 Å². The van der Waals surface area contributed by atoms with Gasteiger partial charge in [-0.1, -0.05) is 69.3 Å². The van der Waals surface area contributed by atoms with Crippen LogP contribution in [0.3, 0.4) is 0 Å². The van der Waals surface area contributed by atoms with Gasteiger partial charge in [-0.05, 0) is 54.0 Å².